The van der Waals surface area contributed by atoms with Gasteiger partial charge in [-0.15, -0.1) is 12.4 Å². The third-order valence-electron chi connectivity index (χ3n) is 6.11. The molecule has 2 aromatic heterocycles. The Kier molecular flexibility index (Phi) is 4.71. The lowest BCUT2D eigenvalue weighted by Crippen LogP contribution is -2.46. The minimum Gasteiger partial charge on any atom is -0.441 e. The summed E-state index contributed by atoms with van der Waals surface area (Å²) < 4.78 is 6.04. The van der Waals surface area contributed by atoms with Gasteiger partial charge in [-0.1, -0.05) is 0 Å². The minimum absolute atomic E-state index is 0. The van der Waals surface area contributed by atoms with Gasteiger partial charge < -0.3 is 19.2 Å². The molecule has 3 aliphatic rings. The summed E-state index contributed by atoms with van der Waals surface area (Å²) in [6, 6.07) is 4.20. The van der Waals surface area contributed by atoms with Gasteiger partial charge in [-0.2, -0.15) is 0 Å². The maximum atomic E-state index is 6.04. The van der Waals surface area contributed by atoms with E-state index < -0.39 is 0 Å². The molecule has 3 aliphatic heterocycles. The lowest BCUT2D eigenvalue weighted by atomic mass is 9.75. The lowest BCUT2D eigenvalue weighted by molar-refractivity contribution is 0.0877. The van der Waals surface area contributed by atoms with Crippen LogP contribution in [0.2, 0.25) is 0 Å². The highest BCUT2D eigenvalue weighted by Gasteiger charge is 2.36. The van der Waals surface area contributed by atoms with E-state index in [0.29, 0.717) is 5.92 Å². The monoisotopic (exact) mass is 374 g/mol. The van der Waals surface area contributed by atoms with E-state index in [0.717, 1.165) is 35.9 Å². The molecular formula is C20H27ClN4O. The molecule has 1 N–H and O–H groups in total. The normalized spacial score (nSPS) is 25.3. The van der Waals surface area contributed by atoms with Crippen molar-refractivity contribution in [1.29, 1.82) is 0 Å². The van der Waals surface area contributed by atoms with Crippen LogP contribution in [0.5, 0.6) is 0 Å². The number of hydrogen-bond acceptors (Lipinski definition) is 4. The predicted molar refractivity (Wildman–Crippen MR) is 107 cm³/mol. The quantitative estimate of drug-likeness (QED) is 0.757. The number of H-pyrrole nitrogens is 1. The van der Waals surface area contributed by atoms with Gasteiger partial charge in [-0.05, 0) is 63.6 Å². The first-order valence-electron chi connectivity index (χ1n) is 9.45. The van der Waals surface area contributed by atoms with Gasteiger partial charge in [-0.3, -0.25) is 0 Å². The first-order valence-corrected chi connectivity index (χ1v) is 9.45. The third-order valence-corrected chi connectivity index (χ3v) is 6.11. The molecule has 0 spiro atoms. The number of benzene rings is 1. The van der Waals surface area contributed by atoms with E-state index in [9.17, 15) is 0 Å². The van der Waals surface area contributed by atoms with Crippen molar-refractivity contribution in [3.05, 3.63) is 29.8 Å². The Morgan fingerprint density at radius 3 is 2.77 bits per heavy atom. The van der Waals surface area contributed by atoms with Crippen LogP contribution in [0.15, 0.2) is 22.7 Å². The van der Waals surface area contributed by atoms with E-state index in [1.54, 1.807) is 0 Å². The average Bonchev–Trinajstić information content (AvgIpc) is 3.24. The number of oxazole rings is 1. The van der Waals surface area contributed by atoms with E-state index in [1.807, 2.05) is 0 Å². The number of aromatic amines is 1. The van der Waals surface area contributed by atoms with Crippen molar-refractivity contribution in [2.24, 2.45) is 5.92 Å². The molecule has 6 rings (SSSR count). The highest BCUT2D eigenvalue weighted by molar-refractivity contribution is 6.04. The highest BCUT2D eigenvalue weighted by Crippen LogP contribution is 2.42. The zero-order chi connectivity index (χ0) is 17.0. The van der Waals surface area contributed by atoms with Crippen LogP contribution in [0.1, 0.15) is 30.2 Å². The number of rotatable bonds is 4. The Morgan fingerprint density at radius 1 is 1.27 bits per heavy atom. The van der Waals surface area contributed by atoms with Crippen molar-refractivity contribution in [3.63, 3.8) is 0 Å². The van der Waals surface area contributed by atoms with Crippen molar-refractivity contribution < 1.29 is 4.42 Å². The molecule has 2 bridgehead atoms. The van der Waals surface area contributed by atoms with Crippen molar-refractivity contribution in [3.8, 4) is 0 Å². The summed E-state index contributed by atoms with van der Waals surface area (Å²) in [7, 11) is 4.16. The topological polar surface area (TPSA) is 48.3 Å². The van der Waals surface area contributed by atoms with Crippen LogP contribution in [0, 0.1) is 5.92 Å². The Morgan fingerprint density at radius 2 is 2.08 bits per heavy atom. The summed E-state index contributed by atoms with van der Waals surface area (Å²) in [4.78, 5) is 13.1. The lowest BCUT2D eigenvalue weighted by Gasteiger charge is -2.44. The van der Waals surface area contributed by atoms with Gasteiger partial charge in [0, 0.05) is 42.5 Å². The van der Waals surface area contributed by atoms with Crippen LogP contribution in [-0.2, 0) is 6.42 Å². The second kappa shape index (κ2) is 6.87. The van der Waals surface area contributed by atoms with Crippen LogP contribution < -0.4 is 0 Å². The fourth-order valence-corrected chi connectivity index (χ4v) is 4.72. The zero-order valence-corrected chi connectivity index (χ0v) is 16.3. The first-order chi connectivity index (χ1) is 12.2. The molecule has 0 amide bonds. The van der Waals surface area contributed by atoms with Gasteiger partial charge in [0.05, 0.1) is 0 Å². The van der Waals surface area contributed by atoms with Crippen LogP contribution in [0.3, 0.4) is 0 Å². The molecule has 6 heteroatoms. The predicted octanol–water partition coefficient (Wildman–Crippen LogP) is 3.64. The van der Waals surface area contributed by atoms with Gasteiger partial charge in [-0.25, -0.2) is 4.98 Å². The molecule has 1 aromatic carbocycles. The average molecular weight is 375 g/mol. The third kappa shape index (κ3) is 2.92. The minimum atomic E-state index is 0. The molecule has 5 heterocycles. The number of aromatic nitrogens is 2. The van der Waals surface area contributed by atoms with E-state index in [-0.39, 0.29) is 12.4 Å². The molecule has 0 saturated carbocycles. The van der Waals surface area contributed by atoms with Gasteiger partial charge >= 0.3 is 0 Å². The van der Waals surface area contributed by atoms with Crippen molar-refractivity contribution in [2.45, 2.75) is 25.2 Å². The van der Waals surface area contributed by atoms with Gasteiger partial charge in [0.2, 0.25) is 0 Å². The molecule has 1 atom stereocenters. The van der Waals surface area contributed by atoms with Crippen LogP contribution in [0.25, 0.3) is 22.0 Å². The summed E-state index contributed by atoms with van der Waals surface area (Å²) in [5, 5.41) is 1.29. The fraction of sp³-hybridized carbons (Fsp3) is 0.550. The smallest absolute Gasteiger partial charge is 0.196 e. The Balaban J connectivity index is 0.00000168. The summed E-state index contributed by atoms with van der Waals surface area (Å²) in [5.41, 5.74) is 4.59. The van der Waals surface area contributed by atoms with Gasteiger partial charge in [0.25, 0.3) is 0 Å². The Hall–Kier alpha value is -1.56. The van der Waals surface area contributed by atoms with Crippen LogP contribution >= 0.6 is 12.4 Å². The highest BCUT2D eigenvalue weighted by atomic mass is 35.5. The number of hydrogen-bond donors (Lipinski definition) is 1. The summed E-state index contributed by atoms with van der Waals surface area (Å²) in [5.74, 6) is 2.29. The number of likely N-dealkylation sites (N-methyl/N-ethyl adjacent to an activating group) is 1. The fourth-order valence-electron chi connectivity index (χ4n) is 4.72. The molecular weight excluding hydrogens is 348 g/mol. The molecule has 1 unspecified atom stereocenters. The molecule has 0 radical (unpaired) electrons. The Bertz CT molecular complexity index is 907. The number of nitrogens with one attached hydrogen (secondary N) is 1. The van der Waals surface area contributed by atoms with Crippen molar-refractivity contribution in [1.82, 2.24) is 19.8 Å². The van der Waals surface area contributed by atoms with Gasteiger partial charge in [0.1, 0.15) is 5.52 Å². The molecule has 26 heavy (non-hydrogen) atoms. The molecule has 140 valence electrons. The second-order valence-corrected chi connectivity index (χ2v) is 7.98. The standard InChI is InChI=1S/C20H26N4O.ClH/c1-23(2)8-7-18-22-20-17(25-18)4-3-16-19(20)14(11-21-16)15-12-24-9-5-13(15)6-10-24;/h3-4,11,13,15,21H,5-10,12H2,1-2H3;1H. The molecule has 3 fully saturated rings. The summed E-state index contributed by atoms with van der Waals surface area (Å²) >= 11 is 0. The van der Waals surface area contributed by atoms with Crippen molar-refractivity contribution in [2.75, 3.05) is 40.3 Å². The van der Waals surface area contributed by atoms with Gasteiger partial charge in [0.15, 0.2) is 11.5 Å². The van der Waals surface area contributed by atoms with Crippen molar-refractivity contribution >= 4 is 34.4 Å². The second-order valence-electron chi connectivity index (χ2n) is 7.98. The molecule has 3 aromatic rings. The maximum absolute atomic E-state index is 6.04. The number of fused-ring (bicyclic) bond motifs is 6. The maximum Gasteiger partial charge on any atom is 0.196 e. The summed E-state index contributed by atoms with van der Waals surface area (Å²) in [6.45, 7) is 4.70. The van der Waals surface area contributed by atoms with E-state index in [2.05, 4.69) is 47.2 Å². The summed E-state index contributed by atoms with van der Waals surface area (Å²) in [6.07, 6.45) is 5.74. The SMILES string of the molecule is CN(C)CCc1nc2c(ccc3[nH]cc(C4CN5CCC4CC5)c32)o1.Cl. The number of piperidine rings is 3. The van der Waals surface area contributed by atoms with E-state index >= 15 is 0 Å². The molecule has 3 saturated heterocycles. The van der Waals surface area contributed by atoms with Crippen LogP contribution in [-0.4, -0.2) is 60.0 Å². The van der Waals surface area contributed by atoms with Crippen LogP contribution in [0.4, 0.5) is 0 Å². The number of nitrogens with zero attached hydrogens (tertiary/aromatic N) is 3. The largest absolute Gasteiger partial charge is 0.441 e. The zero-order valence-electron chi connectivity index (χ0n) is 15.5. The molecule has 5 nitrogen and oxygen atoms in total. The Labute approximate surface area is 160 Å². The number of halogens is 1. The molecule has 0 aliphatic carbocycles. The van der Waals surface area contributed by atoms with E-state index in [4.69, 9.17) is 9.40 Å². The first kappa shape index (κ1) is 17.8. The van der Waals surface area contributed by atoms with E-state index in [1.165, 1.54) is 48.9 Å².